The molecular formula is C16H21BrN2O4S. The first-order valence-electron chi connectivity index (χ1n) is 7.72. The lowest BCUT2D eigenvalue weighted by Crippen LogP contribution is -2.42. The van der Waals surface area contributed by atoms with Crippen LogP contribution in [0.25, 0.3) is 0 Å². The number of benzene rings is 1. The number of amides is 1. The summed E-state index contributed by atoms with van der Waals surface area (Å²) < 4.78 is 16.8. The molecule has 2 N–H and O–H groups in total. The topological polar surface area (TPSA) is 68.8 Å². The van der Waals surface area contributed by atoms with Crippen LogP contribution in [-0.2, 0) is 9.47 Å². The van der Waals surface area contributed by atoms with E-state index in [0.29, 0.717) is 31.1 Å². The van der Waals surface area contributed by atoms with Gasteiger partial charge in [-0.15, -0.1) is 0 Å². The van der Waals surface area contributed by atoms with Gasteiger partial charge in [0.1, 0.15) is 12.4 Å². The number of methoxy groups -OCH3 is 1. The molecule has 0 spiro atoms. The average molecular weight is 417 g/mol. The number of ether oxygens (including phenoxy) is 3. The Labute approximate surface area is 155 Å². The van der Waals surface area contributed by atoms with Gasteiger partial charge in [0, 0.05) is 24.7 Å². The Morgan fingerprint density at radius 3 is 3.00 bits per heavy atom. The molecule has 1 unspecified atom stereocenters. The molecule has 0 bridgehead atoms. The van der Waals surface area contributed by atoms with Gasteiger partial charge in [0.25, 0.3) is 5.91 Å². The van der Waals surface area contributed by atoms with E-state index < -0.39 is 0 Å². The summed E-state index contributed by atoms with van der Waals surface area (Å²) in [7, 11) is 1.59. The van der Waals surface area contributed by atoms with Crippen LogP contribution < -0.4 is 15.4 Å². The molecular weight excluding hydrogens is 396 g/mol. The molecule has 1 atom stereocenters. The number of thiocarbonyl (C=S) groups is 1. The van der Waals surface area contributed by atoms with E-state index in [9.17, 15) is 4.79 Å². The smallest absolute Gasteiger partial charge is 0.261 e. The van der Waals surface area contributed by atoms with E-state index in [1.807, 2.05) is 6.07 Å². The first-order chi connectivity index (χ1) is 11.6. The number of rotatable bonds is 7. The second-order valence-corrected chi connectivity index (χ2v) is 6.60. The Hall–Kier alpha value is -1.22. The molecule has 24 heavy (non-hydrogen) atoms. The Kier molecular flexibility index (Phi) is 7.90. The zero-order valence-electron chi connectivity index (χ0n) is 13.5. The summed E-state index contributed by atoms with van der Waals surface area (Å²) in [5.41, 5.74) is 0.404. The number of carbonyl (C=O) groups is 1. The van der Waals surface area contributed by atoms with Crippen LogP contribution in [0.4, 0.5) is 0 Å². The summed E-state index contributed by atoms with van der Waals surface area (Å²) in [5.74, 6) is 0.156. The Morgan fingerprint density at radius 2 is 2.29 bits per heavy atom. The fraction of sp³-hybridized carbons (Fsp3) is 0.500. The standard InChI is InChI=1S/C16H21BrN2O4S/c1-21-7-8-23-14-5-4-11(17)9-13(14)15(20)19-16(24)18-10-12-3-2-6-22-12/h4-5,9,12H,2-3,6-8,10H2,1H3,(H2,18,19,20,24). The van der Waals surface area contributed by atoms with Crippen molar-refractivity contribution in [1.82, 2.24) is 10.6 Å². The summed E-state index contributed by atoms with van der Waals surface area (Å²) in [6.07, 6.45) is 2.22. The van der Waals surface area contributed by atoms with E-state index in [4.69, 9.17) is 26.4 Å². The van der Waals surface area contributed by atoms with Crippen LogP contribution in [0.2, 0.25) is 0 Å². The molecule has 0 aromatic heterocycles. The number of nitrogens with one attached hydrogen (secondary N) is 2. The van der Waals surface area contributed by atoms with Crippen molar-refractivity contribution in [2.75, 3.05) is 33.5 Å². The molecule has 0 saturated carbocycles. The minimum absolute atomic E-state index is 0.152. The summed E-state index contributed by atoms with van der Waals surface area (Å²) in [5, 5.41) is 5.96. The van der Waals surface area contributed by atoms with Crippen LogP contribution >= 0.6 is 28.1 Å². The van der Waals surface area contributed by atoms with Crippen molar-refractivity contribution in [2.45, 2.75) is 18.9 Å². The van der Waals surface area contributed by atoms with Crippen LogP contribution in [0.15, 0.2) is 22.7 Å². The highest BCUT2D eigenvalue weighted by Gasteiger charge is 2.17. The monoisotopic (exact) mass is 416 g/mol. The first kappa shape index (κ1) is 19.1. The van der Waals surface area contributed by atoms with Crippen molar-refractivity contribution >= 4 is 39.2 Å². The molecule has 1 aliphatic heterocycles. The maximum Gasteiger partial charge on any atom is 0.261 e. The normalized spacial score (nSPS) is 16.7. The summed E-state index contributed by atoms with van der Waals surface area (Å²) in [4.78, 5) is 12.5. The van der Waals surface area contributed by atoms with Crippen LogP contribution in [-0.4, -0.2) is 50.6 Å². The van der Waals surface area contributed by atoms with Gasteiger partial charge >= 0.3 is 0 Å². The second kappa shape index (κ2) is 9.93. The Bertz CT molecular complexity index is 579. The zero-order chi connectivity index (χ0) is 17.4. The Balaban J connectivity index is 1.91. The van der Waals surface area contributed by atoms with Gasteiger partial charge in [0.05, 0.1) is 18.3 Å². The van der Waals surface area contributed by atoms with Gasteiger partial charge < -0.3 is 19.5 Å². The molecule has 1 aromatic carbocycles. The van der Waals surface area contributed by atoms with Gasteiger partial charge in [-0.2, -0.15) is 0 Å². The van der Waals surface area contributed by atoms with Crippen molar-refractivity contribution in [3.8, 4) is 5.75 Å². The van der Waals surface area contributed by atoms with Crippen LogP contribution in [0.1, 0.15) is 23.2 Å². The fourth-order valence-corrected chi connectivity index (χ4v) is 2.80. The third-order valence-electron chi connectivity index (χ3n) is 3.47. The van der Waals surface area contributed by atoms with Gasteiger partial charge in [0.2, 0.25) is 0 Å². The maximum absolute atomic E-state index is 12.5. The van der Waals surface area contributed by atoms with Gasteiger partial charge in [-0.25, -0.2) is 0 Å². The number of hydrogen-bond acceptors (Lipinski definition) is 5. The minimum atomic E-state index is -0.325. The molecule has 1 fully saturated rings. The van der Waals surface area contributed by atoms with E-state index >= 15 is 0 Å². The van der Waals surface area contributed by atoms with E-state index in [2.05, 4.69) is 26.6 Å². The van der Waals surface area contributed by atoms with Gasteiger partial charge in [-0.1, -0.05) is 15.9 Å². The lowest BCUT2D eigenvalue weighted by atomic mass is 10.2. The van der Waals surface area contributed by atoms with Crippen molar-refractivity contribution < 1.29 is 19.0 Å². The SMILES string of the molecule is COCCOc1ccc(Br)cc1C(=O)NC(=S)NCC1CCCO1. The van der Waals surface area contributed by atoms with Gasteiger partial charge in [0.15, 0.2) is 5.11 Å². The van der Waals surface area contributed by atoms with Crippen molar-refractivity contribution in [3.05, 3.63) is 28.2 Å². The molecule has 1 heterocycles. The molecule has 1 amide bonds. The third-order valence-corrected chi connectivity index (χ3v) is 4.21. The average Bonchev–Trinajstić information content (AvgIpc) is 3.08. The molecule has 2 rings (SSSR count). The summed E-state index contributed by atoms with van der Waals surface area (Å²) in [6, 6.07) is 5.24. The van der Waals surface area contributed by atoms with Crippen molar-refractivity contribution in [2.24, 2.45) is 0 Å². The predicted octanol–water partition coefficient (Wildman–Crippen LogP) is 2.26. The molecule has 1 saturated heterocycles. The molecule has 132 valence electrons. The number of carbonyl (C=O) groups excluding carboxylic acids is 1. The molecule has 6 nitrogen and oxygen atoms in total. The largest absolute Gasteiger partial charge is 0.490 e. The van der Waals surface area contributed by atoms with E-state index in [1.165, 1.54) is 0 Å². The second-order valence-electron chi connectivity index (χ2n) is 5.28. The molecule has 1 aromatic rings. The number of halogens is 1. The highest BCUT2D eigenvalue weighted by molar-refractivity contribution is 9.10. The van der Waals surface area contributed by atoms with Crippen molar-refractivity contribution in [3.63, 3.8) is 0 Å². The predicted molar refractivity (Wildman–Crippen MR) is 98.6 cm³/mol. The minimum Gasteiger partial charge on any atom is -0.490 e. The lowest BCUT2D eigenvalue weighted by molar-refractivity contribution is 0.0965. The third kappa shape index (κ3) is 6.01. The zero-order valence-corrected chi connectivity index (χ0v) is 15.9. The van der Waals surface area contributed by atoms with Crippen molar-refractivity contribution in [1.29, 1.82) is 0 Å². The van der Waals surface area contributed by atoms with E-state index in [1.54, 1.807) is 19.2 Å². The van der Waals surface area contributed by atoms with Crippen LogP contribution in [0.3, 0.4) is 0 Å². The highest BCUT2D eigenvalue weighted by atomic mass is 79.9. The van der Waals surface area contributed by atoms with E-state index in [-0.39, 0.29) is 17.1 Å². The fourth-order valence-electron chi connectivity index (χ4n) is 2.27. The van der Waals surface area contributed by atoms with Gasteiger partial charge in [-0.05, 0) is 43.3 Å². The molecule has 8 heteroatoms. The molecule has 0 radical (unpaired) electrons. The summed E-state index contributed by atoms with van der Waals surface area (Å²) >= 11 is 8.54. The first-order valence-corrected chi connectivity index (χ1v) is 8.92. The van der Waals surface area contributed by atoms with Gasteiger partial charge in [-0.3, -0.25) is 10.1 Å². The molecule has 1 aliphatic rings. The Morgan fingerprint density at radius 1 is 1.46 bits per heavy atom. The number of hydrogen-bond donors (Lipinski definition) is 2. The summed E-state index contributed by atoms with van der Waals surface area (Å²) in [6.45, 7) is 2.18. The highest BCUT2D eigenvalue weighted by Crippen LogP contribution is 2.23. The lowest BCUT2D eigenvalue weighted by Gasteiger charge is -2.15. The quantitative estimate of drug-likeness (QED) is 0.524. The van der Waals surface area contributed by atoms with E-state index in [0.717, 1.165) is 23.9 Å². The van der Waals surface area contributed by atoms with Crippen LogP contribution in [0.5, 0.6) is 5.75 Å². The van der Waals surface area contributed by atoms with Crippen LogP contribution in [0, 0.1) is 0 Å². The maximum atomic E-state index is 12.5. The molecule has 0 aliphatic carbocycles.